The maximum atomic E-state index is 7.10. The van der Waals surface area contributed by atoms with Crippen LogP contribution in [0.1, 0.15) is 200 Å². The van der Waals surface area contributed by atoms with Gasteiger partial charge in [-0.15, -0.1) is 0 Å². The van der Waals surface area contributed by atoms with Gasteiger partial charge in [-0.05, 0) is 118 Å². The predicted octanol–water partition coefficient (Wildman–Crippen LogP) is 14.5. The van der Waals surface area contributed by atoms with Crippen molar-refractivity contribution < 1.29 is 28.4 Å². The normalized spacial score (nSPS) is 19.3. The van der Waals surface area contributed by atoms with Crippen molar-refractivity contribution in [2.75, 3.05) is 26.4 Å². The fraction of sp³-hybridized carbons (Fsp3) is 0.778. The summed E-state index contributed by atoms with van der Waals surface area (Å²) in [5, 5.41) is 0. The van der Waals surface area contributed by atoms with Gasteiger partial charge in [-0.3, -0.25) is 0 Å². The van der Waals surface area contributed by atoms with Crippen LogP contribution in [-0.2, 0) is 40.6 Å². The van der Waals surface area contributed by atoms with Crippen LogP contribution < -0.4 is 9.47 Å². The lowest BCUT2D eigenvalue weighted by Gasteiger charge is -2.40. The minimum Gasteiger partial charge on any atom is -0.465 e. The van der Waals surface area contributed by atoms with E-state index in [4.69, 9.17) is 28.4 Å². The molecule has 342 valence electrons. The van der Waals surface area contributed by atoms with Gasteiger partial charge in [0.15, 0.2) is 12.6 Å². The summed E-state index contributed by atoms with van der Waals surface area (Å²) >= 11 is 0. The maximum absolute atomic E-state index is 7.10. The van der Waals surface area contributed by atoms with Crippen molar-refractivity contribution in [1.82, 2.24) is 0 Å². The molecule has 0 aliphatic carbocycles. The second kappa shape index (κ2) is 17.8. The largest absolute Gasteiger partial charge is 0.465 e. The number of ether oxygens (including phenoxy) is 6. The number of hydrogen-bond acceptors (Lipinski definition) is 6. The molecule has 2 aliphatic heterocycles. The smallest absolute Gasteiger partial charge is 0.197 e. The molecule has 2 aromatic carbocycles. The third-order valence-corrected chi connectivity index (χ3v) is 11.7. The molecule has 0 aromatic heterocycles. The summed E-state index contributed by atoms with van der Waals surface area (Å²) in [4.78, 5) is 0. The molecule has 0 saturated carbocycles. The molecule has 4 rings (SSSR count). The van der Waals surface area contributed by atoms with E-state index in [0.717, 1.165) is 50.4 Å². The van der Waals surface area contributed by atoms with E-state index in [1.54, 1.807) is 0 Å². The summed E-state index contributed by atoms with van der Waals surface area (Å²) in [7, 11) is 0. The van der Waals surface area contributed by atoms with Crippen molar-refractivity contribution >= 4 is 0 Å². The van der Waals surface area contributed by atoms with E-state index in [2.05, 4.69) is 163 Å². The van der Waals surface area contributed by atoms with E-state index in [0.29, 0.717) is 13.2 Å². The lowest BCUT2D eigenvalue weighted by molar-refractivity contribution is -0.0729. The van der Waals surface area contributed by atoms with Crippen LogP contribution in [0.2, 0.25) is 0 Å². The molecule has 0 spiro atoms. The van der Waals surface area contributed by atoms with Crippen LogP contribution in [0.15, 0.2) is 24.3 Å². The van der Waals surface area contributed by atoms with Crippen LogP contribution in [0, 0.1) is 21.7 Å². The Balaban J connectivity index is 2.14. The van der Waals surface area contributed by atoms with E-state index in [1.807, 2.05) is 13.8 Å². The summed E-state index contributed by atoms with van der Waals surface area (Å²) in [6.07, 6.45) is 3.37. The molecule has 2 heterocycles. The Bertz CT molecular complexity index is 1520. The van der Waals surface area contributed by atoms with Crippen LogP contribution in [0.4, 0.5) is 0 Å². The van der Waals surface area contributed by atoms with Crippen LogP contribution in [0.25, 0.3) is 11.1 Å². The minimum atomic E-state index is -0.435. The van der Waals surface area contributed by atoms with Gasteiger partial charge < -0.3 is 28.4 Å². The topological polar surface area (TPSA) is 62.0 Å². The van der Waals surface area contributed by atoms with Crippen molar-refractivity contribution in [3.63, 3.8) is 0 Å². The van der Waals surface area contributed by atoms with Gasteiger partial charge in [0.05, 0.1) is 26.4 Å². The van der Waals surface area contributed by atoms with Crippen LogP contribution in [0.3, 0.4) is 0 Å². The average Bonchev–Trinajstić information content (AvgIpc) is 3.94. The quantitative estimate of drug-likeness (QED) is 0.104. The first-order valence-electron chi connectivity index (χ1n) is 23.2. The number of rotatable bonds is 19. The SMILES string of the molecule is CC(OCC1CO1)Oc1c(C(C)(C)CC(C)(C)C)cc(-c2cc(C(C)(C)CC(C)(C)C)c(OC(C)OCC3CO3)c(C(C)(C)CC(C)(C)C)c2)cc1C(C)(C)CC(C)(C)C. The lowest BCUT2D eigenvalue weighted by atomic mass is 9.66. The molecule has 2 fully saturated rings. The highest BCUT2D eigenvalue weighted by atomic mass is 16.7. The van der Waals surface area contributed by atoms with Gasteiger partial charge in [-0.2, -0.15) is 0 Å². The van der Waals surface area contributed by atoms with Gasteiger partial charge in [-0.1, -0.05) is 138 Å². The molecule has 60 heavy (non-hydrogen) atoms. The fourth-order valence-electron chi connectivity index (χ4n) is 10.8. The van der Waals surface area contributed by atoms with E-state index < -0.39 is 12.6 Å². The molecule has 4 unspecified atom stereocenters. The summed E-state index contributed by atoms with van der Waals surface area (Å²) in [6.45, 7) is 54.0. The molecule has 2 aromatic rings. The Morgan fingerprint density at radius 3 is 0.833 bits per heavy atom. The molecule has 6 nitrogen and oxygen atoms in total. The van der Waals surface area contributed by atoms with Crippen LogP contribution in [-0.4, -0.2) is 51.2 Å². The van der Waals surface area contributed by atoms with Crippen LogP contribution >= 0.6 is 0 Å². The molecule has 0 N–H and O–H groups in total. The summed E-state index contributed by atoms with van der Waals surface area (Å²) in [6, 6.07) is 9.80. The predicted molar refractivity (Wildman–Crippen MR) is 252 cm³/mol. The molecule has 0 radical (unpaired) electrons. The highest BCUT2D eigenvalue weighted by Gasteiger charge is 2.40. The van der Waals surface area contributed by atoms with Gasteiger partial charge in [0.25, 0.3) is 0 Å². The highest BCUT2D eigenvalue weighted by Crippen LogP contribution is 2.53. The maximum Gasteiger partial charge on any atom is 0.197 e. The minimum absolute atomic E-state index is 0.0843. The van der Waals surface area contributed by atoms with Crippen molar-refractivity contribution in [3.8, 4) is 22.6 Å². The second-order valence-corrected chi connectivity index (χ2v) is 26.2. The molecular formula is C54H90O6. The first kappa shape index (κ1) is 50.5. The molecule has 2 saturated heterocycles. The first-order chi connectivity index (χ1) is 27.0. The average molecular weight is 835 g/mol. The first-order valence-corrected chi connectivity index (χ1v) is 23.2. The van der Waals surface area contributed by atoms with E-state index >= 15 is 0 Å². The fourth-order valence-corrected chi connectivity index (χ4v) is 10.8. The standard InChI is InChI=1S/C54H90O6/c1-35(55-27-39-29-57-39)59-45-41(51(15,16)31-47(3,4)5)23-37(24-42(45)52(17,18)32-48(6,7)8)38-25-43(53(19,20)33-49(9,10)11)46(60-36(2)56-28-40-30-58-40)44(26-38)54(21,22)34-50(12,13)14/h23-26,35-36,39-40H,27-34H2,1-22H3. The van der Waals surface area contributed by atoms with Crippen molar-refractivity contribution in [3.05, 3.63) is 46.5 Å². The van der Waals surface area contributed by atoms with Gasteiger partial charge in [0, 0.05) is 22.3 Å². The van der Waals surface area contributed by atoms with E-state index in [-0.39, 0.29) is 55.5 Å². The highest BCUT2D eigenvalue weighted by molar-refractivity contribution is 5.73. The Labute approximate surface area is 368 Å². The van der Waals surface area contributed by atoms with Crippen molar-refractivity contribution in [2.24, 2.45) is 21.7 Å². The molecular weight excluding hydrogens is 745 g/mol. The van der Waals surface area contributed by atoms with Crippen molar-refractivity contribution in [2.45, 2.75) is 224 Å². The van der Waals surface area contributed by atoms with E-state index in [1.165, 1.54) is 33.4 Å². The van der Waals surface area contributed by atoms with Gasteiger partial charge >= 0.3 is 0 Å². The Hall–Kier alpha value is -2.12. The van der Waals surface area contributed by atoms with Crippen molar-refractivity contribution in [1.29, 1.82) is 0 Å². The number of benzene rings is 2. The monoisotopic (exact) mass is 835 g/mol. The zero-order chi connectivity index (χ0) is 45.7. The zero-order valence-electron chi connectivity index (χ0n) is 42.7. The summed E-state index contributed by atoms with van der Waals surface area (Å²) in [5.74, 6) is 1.91. The molecule has 0 amide bonds. The number of hydrogen-bond donors (Lipinski definition) is 0. The lowest BCUT2D eigenvalue weighted by Crippen LogP contribution is -2.32. The molecule has 4 atom stereocenters. The summed E-state index contributed by atoms with van der Waals surface area (Å²) in [5.41, 5.74) is 6.75. The molecule has 2 aliphatic rings. The Morgan fingerprint density at radius 1 is 0.433 bits per heavy atom. The van der Waals surface area contributed by atoms with E-state index in [9.17, 15) is 0 Å². The third-order valence-electron chi connectivity index (χ3n) is 11.7. The van der Waals surface area contributed by atoms with Crippen LogP contribution in [0.5, 0.6) is 11.5 Å². The molecule has 0 bridgehead atoms. The van der Waals surface area contributed by atoms with Gasteiger partial charge in [-0.25, -0.2) is 0 Å². The van der Waals surface area contributed by atoms with Gasteiger partial charge in [0.2, 0.25) is 0 Å². The summed E-state index contributed by atoms with van der Waals surface area (Å²) < 4.78 is 37.8. The zero-order valence-corrected chi connectivity index (χ0v) is 42.7. The Morgan fingerprint density at radius 2 is 0.650 bits per heavy atom. The Kier molecular flexibility index (Phi) is 15.0. The molecule has 6 heteroatoms. The third kappa shape index (κ3) is 15.0. The second-order valence-electron chi connectivity index (χ2n) is 26.2. The van der Waals surface area contributed by atoms with Gasteiger partial charge in [0.1, 0.15) is 23.7 Å². The number of epoxide rings is 2.